The highest BCUT2D eigenvalue weighted by atomic mass is 14.0. The van der Waals surface area contributed by atoms with E-state index in [1.165, 1.54) is 42.4 Å². The number of aryl methyl sites for hydroxylation is 2. The quantitative estimate of drug-likeness (QED) is 0.529. The average Bonchev–Trinajstić information content (AvgIpc) is 2.52. The van der Waals surface area contributed by atoms with Gasteiger partial charge in [-0.3, -0.25) is 0 Å². The van der Waals surface area contributed by atoms with E-state index in [0.29, 0.717) is 0 Å². The highest BCUT2D eigenvalue weighted by Crippen LogP contribution is 2.15. The van der Waals surface area contributed by atoms with Gasteiger partial charge in [0.05, 0.1) is 0 Å². The molecule has 0 aromatic heterocycles. The number of rotatable bonds is 3. The van der Waals surface area contributed by atoms with Gasteiger partial charge >= 0.3 is 0 Å². The second-order valence-corrected chi connectivity index (χ2v) is 5.08. The van der Waals surface area contributed by atoms with Gasteiger partial charge in [-0.15, -0.1) is 0 Å². The van der Waals surface area contributed by atoms with Gasteiger partial charge in [0.15, 0.2) is 0 Å². The first kappa shape index (κ1) is 24.9. The fraction of sp³-hybridized carbons (Fsp3) is 0.619. The Kier molecular flexibility index (Phi) is 22.5. The van der Waals surface area contributed by atoms with Gasteiger partial charge in [0, 0.05) is 0 Å². The predicted molar refractivity (Wildman–Crippen MR) is 103 cm³/mol. The molecule has 0 aliphatic carbocycles. The smallest absolute Gasteiger partial charge is 0.0230 e. The monoisotopic (exact) mass is 292 g/mol. The Morgan fingerprint density at radius 3 is 1.43 bits per heavy atom. The summed E-state index contributed by atoms with van der Waals surface area (Å²) in [5, 5.41) is 0. The lowest BCUT2D eigenvalue weighted by molar-refractivity contribution is 0.886. The van der Waals surface area contributed by atoms with Crippen LogP contribution in [0, 0.1) is 13.8 Å². The van der Waals surface area contributed by atoms with Gasteiger partial charge in [0.25, 0.3) is 0 Å². The molecule has 1 aromatic rings. The van der Waals surface area contributed by atoms with E-state index in [-0.39, 0.29) is 0 Å². The van der Waals surface area contributed by atoms with Crippen molar-refractivity contribution in [3.63, 3.8) is 0 Å². The second kappa shape index (κ2) is 19.0. The Labute approximate surface area is 135 Å². The molecule has 0 N–H and O–H groups in total. The minimum atomic E-state index is 1.13. The van der Waals surface area contributed by atoms with Gasteiger partial charge in [-0.05, 0) is 37.5 Å². The van der Waals surface area contributed by atoms with Gasteiger partial charge in [0.2, 0.25) is 0 Å². The van der Waals surface area contributed by atoms with Crippen molar-refractivity contribution in [3.05, 3.63) is 41.5 Å². The largest absolute Gasteiger partial charge is 0.0955 e. The maximum absolute atomic E-state index is 3.90. The normalized spacial score (nSPS) is 8.24. The van der Waals surface area contributed by atoms with Gasteiger partial charge < -0.3 is 0 Å². The van der Waals surface area contributed by atoms with Crippen LogP contribution in [0.4, 0.5) is 0 Å². The van der Waals surface area contributed by atoms with Gasteiger partial charge in [0.1, 0.15) is 0 Å². The molecule has 0 radical (unpaired) electrons. The molecule has 0 atom stereocenters. The summed E-state index contributed by atoms with van der Waals surface area (Å²) in [5.74, 6) is 0. The lowest BCUT2D eigenvalue weighted by Crippen LogP contribution is -1.83. The van der Waals surface area contributed by atoms with Crippen molar-refractivity contribution < 1.29 is 0 Å². The lowest BCUT2D eigenvalue weighted by atomic mass is 10.0. The zero-order chi connectivity index (χ0) is 17.3. The molecule has 0 amide bonds. The zero-order valence-corrected chi connectivity index (χ0v) is 16.3. The van der Waals surface area contributed by atoms with Gasteiger partial charge in [-0.2, -0.15) is 0 Å². The first-order chi connectivity index (χ1) is 9.94. The van der Waals surface area contributed by atoms with Gasteiger partial charge in [-0.25, -0.2) is 0 Å². The van der Waals surface area contributed by atoms with Crippen LogP contribution in [0.5, 0.6) is 0 Å². The lowest BCUT2D eigenvalue weighted by Gasteiger charge is -2.03. The number of hydrogen-bond donors (Lipinski definition) is 0. The van der Waals surface area contributed by atoms with E-state index in [0.717, 1.165) is 5.57 Å². The molecule has 0 saturated heterocycles. The number of hydrogen-bond acceptors (Lipinski definition) is 0. The Hall–Kier alpha value is -1.04. The van der Waals surface area contributed by atoms with E-state index in [4.69, 9.17) is 0 Å². The summed E-state index contributed by atoms with van der Waals surface area (Å²) in [5.41, 5.74) is 5.06. The van der Waals surface area contributed by atoms with E-state index in [1.807, 2.05) is 20.8 Å². The van der Waals surface area contributed by atoms with E-state index in [2.05, 4.69) is 66.3 Å². The summed E-state index contributed by atoms with van der Waals surface area (Å²) in [6.45, 7) is 22.9. The number of allylic oxidation sites excluding steroid dienone is 1. The molecule has 0 nitrogen and oxygen atoms in total. The van der Waals surface area contributed by atoms with Gasteiger partial charge in [-0.1, -0.05) is 97.6 Å². The van der Waals surface area contributed by atoms with Crippen LogP contribution in [-0.2, 0) is 0 Å². The molecule has 0 heterocycles. The predicted octanol–water partition coefficient (Wildman–Crippen LogP) is 7.98. The third kappa shape index (κ3) is 16.9. The topological polar surface area (TPSA) is 0 Å². The van der Waals surface area contributed by atoms with Crippen LogP contribution in [0.25, 0.3) is 5.57 Å². The molecule has 0 aliphatic heterocycles. The highest BCUT2D eigenvalue weighted by Gasteiger charge is 1.95. The first-order valence-electron chi connectivity index (χ1n) is 8.67. The van der Waals surface area contributed by atoms with Crippen LogP contribution in [0.3, 0.4) is 0 Å². The van der Waals surface area contributed by atoms with Crippen LogP contribution in [0.2, 0.25) is 0 Å². The summed E-state index contributed by atoms with van der Waals surface area (Å²) in [4.78, 5) is 0. The summed E-state index contributed by atoms with van der Waals surface area (Å²) in [7, 11) is 0. The van der Waals surface area contributed by atoms with Crippen molar-refractivity contribution in [2.75, 3.05) is 0 Å². The van der Waals surface area contributed by atoms with Crippen molar-refractivity contribution in [1.82, 2.24) is 0 Å². The number of unbranched alkanes of at least 4 members (excludes halogenated alkanes) is 2. The summed E-state index contributed by atoms with van der Waals surface area (Å²) in [6, 6.07) is 6.43. The molecule has 0 fully saturated rings. The van der Waals surface area contributed by atoms with Crippen LogP contribution >= 0.6 is 0 Å². The Bertz CT molecular complexity index is 326. The van der Waals surface area contributed by atoms with Crippen molar-refractivity contribution in [2.45, 2.75) is 88.0 Å². The minimum Gasteiger partial charge on any atom is -0.0955 e. The standard InChI is InChI=1S/C11H14.2C4H10.C2H6/c1-8(2)11-6-5-9(3)10(4)7-11;2*1-3-4-2;1-2/h5-7H,1H2,2-4H3;2*3-4H2,1-2H3;1-2H3. The van der Waals surface area contributed by atoms with E-state index < -0.39 is 0 Å². The molecule has 0 saturated carbocycles. The first-order valence-corrected chi connectivity index (χ1v) is 8.67. The molecule has 1 aromatic carbocycles. The molecular formula is C21H40. The van der Waals surface area contributed by atoms with Crippen LogP contribution in [0.15, 0.2) is 24.8 Å². The molecule has 0 spiro atoms. The fourth-order valence-electron chi connectivity index (χ4n) is 1.01. The molecule has 0 heteroatoms. The molecule has 0 bridgehead atoms. The summed E-state index contributed by atoms with van der Waals surface area (Å²) >= 11 is 0. The van der Waals surface area contributed by atoms with Crippen LogP contribution in [0.1, 0.15) is 90.8 Å². The molecule has 0 unspecified atom stereocenters. The number of benzene rings is 1. The maximum atomic E-state index is 3.90. The third-order valence-electron chi connectivity index (χ3n) is 3.00. The van der Waals surface area contributed by atoms with E-state index >= 15 is 0 Å². The van der Waals surface area contributed by atoms with Crippen molar-refractivity contribution in [1.29, 1.82) is 0 Å². The van der Waals surface area contributed by atoms with Crippen LogP contribution in [-0.4, -0.2) is 0 Å². The molecular weight excluding hydrogens is 252 g/mol. The average molecular weight is 293 g/mol. The van der Waals surface area contributed by atoms with E-state index in [9.17, 15) is 0 Å². The van der Waals surface area contributed by atoms with Crippen LogP contribution < -0.4 is 0 Å². The van der Waals surface area contributed by atoms with E-state index in [1.54, 1.807) is 0 Å². The Morgan fingerprint density at radius 1 is 0.810 bits per heavy atom. The minimum absolute atomic E-state index is 1.13. The molecule has 1 rings (SSSR count). The van der Waals surface area contributed by atoms with Crippen molar-refractivity contribution >= 4 is 5.57 Å². The maximum Gasteiger partial charge on any atom is -0.0230 e. The summed E-state index contributed by atoms with van der Waals surface area (Å²) in [6.07, 6.45) is 5.28. The Morgan fingerprint density at radius 2 is 1.19 bits per heavy atom. The van der Waals surface area contributed by atoms with Crippen molar-refractivity contribution in [2.24, 2.45) is 0 Å². The molecule has 0 aliphatic rings. The highest BCUT2D eigenvalue weighted by molar-refractivity contribution is 5.62. The molecule has 124 valence electrons. The third-order valence-corrected chi connectivity index (χ3v) is 3.00. The second-order valence-electron chi connectivity index (χ2n) is 5.08. The SMILES string of the molecule is C=C(C)c1ccc(C)c(C)c1.CC.CCCC.CCCC. The summed E-state index contributed by atoms with van der Waals surface area (Å²) < 4.78 is 0. The fourth-order valence-corrected chi connectivity index (χ4v) is 1.01. The van der Waals surface area contributed by atoms with Crippen molar-refractivity contribution in [3.8, 4) is 0 Å². The molecule has 21 heavy (non-hydrogen) atoms. The zero-order valence-electron chi connectivity index (χ0n) is 16.3. The Balaban J connectivity index is -0.000000271.